The van der Waals surface area contributed by atoms with E-state index in [0.29, 0.717) is 38.8 Å². The largest absolute Gasteiger partial charge is 0.480 e. The van der Waals surface area contributed by atoms with Crippen LogP contribution in [0.15, 0.2) is 0 Å². The summed E-state index contributed by atoms with van der Waals surface area (Å²) in [6.45, 7) is 4.81. The Morgan fingerprint density at radius 3 is 2.53 bits per heavy atom. The Morgan fingerprint density at radius 1 is 1.37 bits per heavy atom. The van der Waals surface area contributed by atoms with Gasteiger partial charge in [-0.15, -0.1) is 0 Å². The standard InChI is InChI=1S/C13H22N2O4/c1-10(13(18)14-4-6-19-7-5-14)15(9-12(16)17)8-11-2-3-11/h10-11H,2-9H2,1H3,(H,16,17). The fraction of sp³-hybridized carbons (Fsp3) is 0.846. The van der Waals surface area contributed by atoms with Crippen molar-refractivity contribution in [2.45, 2.75) is 25.8 Å². The van der Waals surface area contributed by atoms with Gasteiger partial charge in [-0.3, -0.25) is 14.5 Å². The first kappa shape index (κ1) is 14.3. The molecular weight excluding hydrogens is 248 g/mol. The molecule has 0 radical (unpaired) electrons. The molecule has 108 valence electrons. The Morgan fingerprint density at radius 2 is 2.00 bits per heavy atom. The van der Waals surface area contributed by atoms with E-state index in [2.05, 4.69) is 0 Å². The molecule has 1 aliphatic heterocycles. The molecule has 0 aromatic rings. The number of ether oxygens (including phenoxy) is 1. The Labute approximate surface area is 113 Å². The highest BCUT2D eigenvalue weighted by Crippen LogP contribution is 2.30. The van der Waals surface area contributed by atoms with Gasteiger partial charge in [0.15, 0.2) is 0 Å². The molecule has 6 nitrogen and oxygen atoms in total. The van der Waals surface area contributed by atoms with Gasteiger partial charge in [0.1, 0.15) is 0 Å². The summed E-state index contributed by atoms with van der Waals surface area (Å²) < 4.78 is 5.23. The molecule has 1 saturated heterocycles. The molecule has 1 atom stereocenters. The van der Waals surface area contributed by atoms with Gasteiger partial charge in [0.2, 0.25) is 5.91 Å². The molecule has 2 rings (SSSR count). The normalized spacial score (nSPS) is 21.5. The Kier molecular flexibility index (Phi) is 4.76. The van der Waals surface area contributed by atoms with E-state index < -0.39 is 5.97 Å². The number of rotatable bonds is 6. The van der Waals surface area contributed by atoms with Crippen molar-refractivity contribution in [2.24, 2.45) is 5.92 Å². The Bertz CT molecular complexity index is 338. The minimum atomic E-state index is -0.873. The number of hydrogen-bond acceptors (Lipinski definition) is 4. The topological polar surface area (TPSA) is 70.1 Å². The SMILES string of the molecule is CC(C(=O)N1CCOCC1)N(CC(=O)O)CC1CC1. The van der Waals surface area contributed by atoms with Crippen LogP contribution < -0.4 is 0 Å². The summed E-state index contributed by atoms with van der Waals surface area (Å²) in [5.74, 6) is -0.285. The zero-order valence-electron chi connectivity index (χ0n) is 11.4. The molecule has 19 heavy (non-hydrogen) atoms. The van der Waals surface area contributed by atoms with Gasteiger partial charge in [-0.2, -0.15) is 0 Å². The molecule has 0 bridgehead atoms. The van der Waals surface area contributed by atoms with Crippen molar-refractivity contribution in [3.63, 3.8) is 0 Å². The molecule has 1 unspecified atom stereocenters. The molecule has 0 aromatic carbocycles. The predicted octanol–water partition coefficient (Wildman–Crippen LogP) is 0.0303. The van der Waals surface area contributed by atoms with E-state index in [-0.39, 0.29) is 18.5 Å². The first-order chi connectivity index (χ1) is 9.08. The van der Waals surface area contributed by atoms with E-state index in [1.807, 2.05) is 6.92 Å². The van der Waals surface area contributed by atoms with Gasteiger partial charge in [-0.05, 0) is 25.7 Å². The number of carboxylic acids is 1. The minimum absolute atomic E-state index is 0.0187. The molecule has 0 aromatic heterocycles. The number of nitrogens with zero attached hydrogens (tertiary/aromatic N) is 2. The number of morpholine rings is 1. The number of carbonyl (C=O) groups is 2. The monoisotopic (exact) mass is 270 g/mol. The van der Waals surface area contributed by atoms with E-state index in [4.69, 9.17) is 9.84 Å². The van der Waals surface area contributed by atoms with Crippen molar-refractivity contribution in [1.82, 2.24) is 9.80 Å². The average Bonchev–Trinajstić information content (AvgIpc) is 3.21. The van der Waals surface area contributed by atoms with Crippen LogP contribution in [0.5, 0.6) is 0 Å². The maximum absolute atomic E-state index is 12.4. The van der Waals surface area contributed by atoms with Crippen LogP contribution in [0.2, 0.25) is 0 Å². The van der Waals surface area contributed by atoms with Gasteiger partial charge in [0.05, 0.1) is 25.8 Å². The van der Waals surface area contributed by atoms with E-state index >= 15 is 0 Å². The van der Waals surface area contributed by atoms with Gasteiger partial charge in [0, 0.05) is 19.6 Å². The number of carboxylic acid groups (broad SMARTS) is 1. The van der Waals surface area contributed by atoms with E-state index in [1.165, 1.54) is 0 Å². The van der Waals surface area contributed by atoms with Gasteiger partial charge in [0.25, 0.3) is 0 Å². The Balaban J connectivity index is 1.93. The van der Waals surface area contributed by atoms with E-state index in [1.54, 1.807) is 9.80 Å². The summed E-state index contributed by atoms with van der Waals surface area (Å²) in [6.07, 6.45) is 2.29. The van der Waals surface area contributed by atoms with Crippen LogP contribution in [-0.2, 0) is 14.3 Å². The summed E-state index contributed by atoms with van der Waals surface area (Å²) >= 11 is 0. The lowest BCUT2D eigenvalue weighted by molar-refractivity contribution is -0.144. The maximum atomic E-state index is 12.4. The van der Waals surface area contributed by atoms with Crippen LogP contribution in [0.25, 0.3) is 0 Å². The third-order valence-electron chi connectivity index (χ3n) is 3.76. The highest BCUT2D eigenvalue weighted by atomic mass is 16.5. The van der Waals surface area contributed by atoms with Crippen molar-refractivity contribution in [2.75, 3.05) is 39.4 Å². The van der Waals surface area contributed by atoms with Crippen molar-refractivity contribution < 1.29 is 19.4 Å². The summed E-state index contributed by atoms with van der Waals surface area (Å²) in [4.78, 5) is 26.9. The summed E-state index contributed by atoms with van der Waals surface area (Å²) in [5, 5.41) is 8.97. The first-order valence-electron chi connectivity index (χ1n) is 6.90. The lowest BCUT2D eigenvalue weighted by Gasteiger charge is -2.33. The van der Waals surface area contributed by atoms with Crippen molar-refractivity contribution in [3.05, 3.63) is 0 Å². The predicted molar refractivity (Wildman–Crippen MR) is 68.8 cm³/mol. The fourth-order valence-corrected chi connectivity index (χ4v) is 2.37. The van der Waals surface area contributed by atoms with Crippen LogP contribution in [-0.4, -0.2) is 72.2 Å². The molecule has 0 spiro atoms. The van der Waals surface area contributed by atoms with Gasteiger partial charge >= 0.3 is 5.97 Å². The number of carbonyl (C=O) groups excluding carboxylic acids is 1. The summed E-state index contributed by atoms with van der Waals surface area (Å²) in [6, 6.07) is -0.366. The Hall–Kier alpha value is -1.14. The molecule has 1 heterocycles. The summed E-state index contributed by atoms with van der Waals surface area (Å²) in [5.41, 5.74) is 0. The lowest BCUT2D eigenvalue weighted by Crippen LogP contribution is -2.52. The number of amides is 1. The molecular formula is C13H22N2O4. The zero-order chi connectivity index (χ0) is 13.8. The van der Waals surface area contributed by atoms with Crippen molar-refractivity contribution in [1.29, 1.82) is 0 Å². The molecule has 6 heteroatoms. The highest BCUT2D eigenvalue weighted by Gasteiger charge is 2.32. The third-order valence-corrected chi connectivity index (χ3v) is 3.76. The molecule has 1 amide bonds. The number of hydrogen-bond donors (Lipinski definition) is 1. The molecule has 2 fully saturated rings. The number of aliphatic carboxylic acids is 1. The van der Waals surface area contributed by atoms with Gasteiger partial charge in [-0.1, -0.05) is 0 Å². The lowest BCUT2D eigenvalue weighted by atomic mass is 10.2. The van der Waals surface area contributed by atoms with Crippen LogP contribution in [0.1, 0.15) is 19.8 Å². The minimum Gasteiger partial charge on any atom is -0.480 e. The van der Waals surface area contributed by atoms with Crippen LogP contribution in [0.3, 0.4) is 0 Å². The molecule has 2 aliphatic rings. The first-order valence-corrected chi connectivity index (χ1v) is 6.90. The van der Waals surface area contributed by atoms with Crippen molar-refractivity contribution in [3.8, 4) is 0 Å². The average molecular weight is 270 g/mol. The smallest absolute Gasteiger partial charge is 0.317 e. The molecule has 1 N–H and O–H groups in total. The second-order valence-electron chi connectivity index (χ2n) is 5.38. The van der Waals surface area contributed by atoms with Crippen LogP contribution >= 0.6 is 0 Å². The van der Waals surface area contributed by atoms with E-state index in [9.17, 15) is 9.59 Å². The quantitative estimate of drug-likeness (QED) is 0.737. The maximum Gasteiger partial charge on any atom is 0.317 e. The molecule has 1 saturated carbocycles. The zero-order valence-corrected chi connectivity index (χ0v) is 11.4. The second kappa shape index (κ2) is 6.34. The highest BCUT2D eigenvalue weighted by molar-refractivity contribution is 5.82. The van der Waals surface area contributed by atoms with Crippen LogP contribution in [0, 0.1) is 5.92 Å². The van der Waals surface area contributed by atoms with Gasteiger partial charge in [-0.25, -0.2) is 0 Å². The second-order valence-corrected chi connectivity index (χ2v) is 5.38. The molecule has 1 aliphatic carbocycles. The van der Waals surface area contributed by atoms with Crippen molar-refractivity contribution >= 4 is 11.9 Å². The fourth-order valence-electron chi connectivity index (χ4n) is 2.37. The third kappa shape index (κ3) is 4.18. The van der Waals surface area contributed by atoms with E-state index in [0.717, 1.165) is 12.8 Å². The summed E-state index contributed by atoms with van der Waals surface area (Å²) in [7, 11) is 0. The van der Waals surface area contributed by atoms with Crippen LogP contribution in [0.4, 0.5) is 0 Å². The van der Waals surface area contributed by atoms with Gasteiger partial charge < -0.3 is 14.7 Å².